The number of halogens is 1. The van der Waals surface area contributed by atoms with E-state index in [0.717, 1.165) is 12.0 Å². The Bertz CT molecular complexity index is 1090. The Labute approximate surface area is 175 Å². The van der Waals surface area contributed by atoms with Crippen molar-refractivity contribution in [1.82, 2.24) is 5.32 Å². The molecule has 0 aliphatic heterocycles. The molecular formula is C22H22ClNO4S. The van der Waals surface area contributed by atoms with Gasteiger partial charge in [-0.15, -0.1) is 0 Å². The molecule has 152 valence electrons. The second kappa shape index (κ2) is 9.29. The zero-order valence-corrected chi connectivity index (χ0v) is 17.6. The van der Waals surface area contributed by atoms with Gasteiger partial charge in [0.25, 0.3) is 5.91 Å². The largest absolute Gasteiger partial charge is 0.455 e. The van der Waals surface area contributed by atoms with Gasteiger partial charge in [0.15, 0.2) is 15.6 Å². The Morgan fingerprint density at radius 2 is 1.66 bits per heavy atom. The Morgan fingerprint density at radius 3 is 2.34 bits per heavy atom. The van der Waals surface area contributed by atoms with Gasteiger partial charge in [-0.1, -0.05) is 61.0 Å². The highest BCUT2D eigenvalue weighted by molar-refractivity contribution is 7.89. The summed E-state index contributed by atoms with van der Waals surface area (Å²) in [4.78, 5) is 12.3. The van der Waals surface area contributed by atoms with Gasteiger partial charge in [-0.25, -0.2) is 8.42 Å². The summed E-state index contributed by atoms with van der Waals surface area (Å²) in [5.74, 6) is -0.584. The Hall–Kier alpha value is -2.57. The van der Waals surface area contributed by atoms with Crippen LogP contribution in [0.4, 0.5) is 0 Å². The molecule has 7 heteroatoms. The van der Waals surface area contributed by atoms with E-state index >= 15 is 0 Å². The van der Waals surface area contributed by atoms with Crippen LogP contribution in [0.25, 0.3) is 0 Å². The minimum atomic E-state index is -3.49. The first-order chi connectivity index (χ1) is 13.9. The lowest BCUT2D eigenvalue weighted by Gasteiger charge is -2.06. The van der Waals surface area contributed by atoms with Gasteiger partial charge in [-0.2, -0.15) is 0 Å². The Kier molecular flexibility index (Phi) is 6.77. The zero-order chi connectivity index (χ0) is 20.9. The molecule has 0 unspecified atom stereocenters. The normalized spacial score (nSPS) is 11.4. The maximum atomic E-state index is 12.4. The predicted octanol–water partition coefficient (Wildman–Crippen LogP) is 4.54. The van der Waals surface area contributed by atoms with Crippen LogP contribution in [-0.2, 0) is 34.3 Å². The highest BCUT2D eigenvalue weighted by Gasteiger charge is 2.19. The molecule has 0 spiro atoms. The third-order valence-corrected chi connectivity index (χ3v) is 6.31. The van der Waals surface area contributed by atoms with Crippen LogP contribution in [0, 0.1) is 0 Å². The third-order valence-electron chi connectivity index (χ3n) is 4.47. The van der Waals surface area contributed by atoms with Crippen molar-refractivity contribution < 1.29 is 17.6 Å². The van der Waals surface area contributed by atoms with Gasteiger partial charge in [-0.3, -0.25) is 4.79 Å². The lowest BCUT2D eigenvalue weighted by atomic mass is 10.1. The van der Waals surface area contributed by atoms with Crippen molar-refractivity contribution in [2.24, 2.45) is 0 Å². The number of hydrogen-bond acceptors (Lipinski definition) is 4. The summed E-state index contributed by atoms with van der Waals surface area (Å²) >= 11 is 6.04. The van der Waals surface area contributed by atoms with Crippen LogP contribution < -0.4 is 5.32 Å². The predicted molar refractivity (Wildman–Crippen MR) is 113 cm³/mol. The minimum Gasteiger partial charge on any atom is -0.455 e. The molecule has 1 amide bonds. The summed E-state index contributed by atoms with van der Waals surface area (Å²) in [7, 11) is -3.49. The van der Waals surface area contributed by atoms with Gasteiger partial charge >= 0.3 is 0 Å². The van der Waals surface area contributed by atoms with Crippen molar-refractivity contribution in [3.63, 3.8) is 0 Å². The van der Waals surface area contributed by atoms with E-state index in [2.05, 4.69) is 12.2 Å². The number of hydrogen-bond donors (Lipinski definition) is 1. The van der Waals surface area contributed by atoms with Crippen molar-refractivity contribution in [3.05, 3.63) is 93.9 Å². The minimum absolute atomic E-state index is 0.0816. The topological polar surface area (TPSA) is 76.4 Å². The first-order valence-electron chi connectivity index (χ1n) is 9.25. The molecule has 3 aromatic rings. The number of sulfone groups is 1. The maximum Gasteiger partial charge on any atom is 0.287 e. The number of amides is 1. The molecule has 0 aliphatic rings. The van der Waals surface area contributed by atoms with E-state index < -0.39 is 9.84 Å². The molecule has 5 nitrogen and oxygen atoms in total. The standard InChI is InChI=1S/C22H22ClNO4S/c1-2-16-7-9-17(10-8-16)13-24-22(25)21-12-11-19(28-21)15-29(26,27)14-18-5-3-4-6-20(18)23/h3-12H,2,13-15H2,1H3,(H,24,25). The van der Waals surface area contributed by atoms with Gasteiger partial charge < -0.3 is 9.73 Å². The van der Waals surface area contributed by atoms with Gasteiger partial charge in [0.05, 0.1) is 5.75 Å². The molecule has 0 saturated heterocycles. The molecule has 0 bridgehead atoms. The number of benzene rings is 2. The van der Waals surface area contributed by atoms with Crippen molar-refractivity contribution in [1.29, 1.82) is 0 Å². The summed E-state index contributed by atoms with van der Waals surface area (Å²) in [6.45, 7) is 2.45. The number of nitrogens with one attached hydrogen (secondary N) is 1. The van der Waals surface area contributed by atoms with Crippen LogP contribution in [0.1, 0.15) is 39.9 Å². The van der Waals surface area contributed by atoms with Crippen LogP contribution in [0.3, 0.4) is 0 Å². The lowest BCUT2D eigenvalue weighted by Crippen LogP contribution is -2.22. The number of furan rings is 1. The van der Waals surface area contributed by atoms with E-state index in [1.165, 1.54) is 17.7 Å². The molecule has 1 aromatic heterocycles. The first kappa shape index (κ1) is 21.1. The van der Waals surface area contributed by atoms with E-state index in [1.54, 1.807) is 24.3 Å². The fourth-order valence-electron chi connectivity index (χ4n) is 2.86. The third kappa shape index (κ3) is 5.95. The van der Waals surface area contributed by atoms with E-state index in [9.17, 15) is 13.2 Å². The number of rotatable bonds is 8. The smallest absolute Gasteiger partial charge is 0.287 e. The molecule has 1 heterocycles. The fraction of sp³-hybridized carbons (Fsp3) is 0.227. The van der Waals surface area contributed by atoms with Crippen molar-refractivity contribution >= 4 is 27.3 Å². The van der Waals surface area contributed by atoms with Gasteiger partial charge in [-0.05, 0) is 41.3 Å². The monoisotopic (exact) mass is 431 g/mol. The molecule has 29 heavy (non-hydrogen) atoms. The highest BCUT2D eigenvalue weighted by Crippen LogP contribution is 2.20. The van der Waals surface area contributed by atoms with Crippen LogP contribution in [0.2, 0.25) is 5.02 Å². The molecule has 3 rings (SSSR count). The van der Waals surface area contributed by atoms with Crippen molar-refractivity contribution in [2.45, 2.75) is 31.4 Å². The summed E-state index contributed by atoms with van der Waals surface area (Å²) in [5.41, 5.74) is 2.74. The van der Waals surface area contributed by atoms with E-state index in [0.29, 0.717) is 17.1 Å². The number of aryl methyl sites for hydroxylation is 1. The summed E-state index contributed by atoms with van der Waals surface area (Å²) in [6, 6.07) is 17.8. The van der Waals surface area contributed by atoms with Crippen LogP contribution in [0.5, 0.6) is 0 Å². The van der Waals surface area contributed by atoms with Crippen LogP contribution in [0.15, 0.2) is 65.1 Å². The maximum absolute atomic E-state index is 12.4. The SMILES string of the molecule is CCc1ccc(CNC(=O)c2ccc(CS(=O)(=O)Cc3ccccc3Cl)o2)cc1. The summed E-state index contributed by atoms with van der Waals surface area (Å²) in [6.07, 6.45) is 0.960. The molecule has 0 atom stereocenters. The molecule has 1 N–H and O–H groups in total. The van der Waals surface area contributed by atoms with Gasteiger partial charge in [0, 0.05) is 11.6 Å². The van der Waals surface area contributed by atoms with E-state index in [-0.39, 0.29) is 28.9 Å². The molecule has 0 fully saturated rings. The summed E-state index contributed by atoms with van der Waals surface area (Å²) in [5, 5.41) is 3.18. The number of carbonyl (C=O) groups excluding carboxylic acids is 1. The Balaban J connectivity index is 1.59. The molecular weight excluding hydrogens is 410 g/mol. The zero-order valence-electron chi connectivity index (χ0n) is 16.0. The van der Waals surface area contributed by atoms with Crippen LogP contribution in [-0.4, -0.2) is 14.3 Å². The second-order valence-electron chi connectivity index (χ2n) is 6.74. The molecule has 0 saturated carbocycles. The number of carbonyl (C=O) groups is 1. The lowest BCUT2D eigenvalue weighted by molar-refractivity contribution is 0.0921. The highest BCUT2D eigenvalue weighted by atomic mass is 35.5. The molecule has 0 radical (unpaired) electrons. The second-order valence-corrected chi connectivity index (χ2v) is 9.21. The van der Waals surface area contributed by atoms with Crippen molar-refractivity contribution in [3.8, 4) is 0 Å². The fourth-order valence-corrected chi connectivity index (χ4v) is 4.56. The summed E-state index contributed by atoms with van der Waals surface area (Å²) < 4.78 is 30.3. The molecule has 0 aliphatic carbocycles. The van der Waals surface area contributed by atoms with Gasteiger partial charge in [0.1, 0.15) is 11.5 Å². The quantitative estimate of drug-likeness (QED) is 0.568. The average molecular weight is 432 g/mol. The van der Waals surface area contributed by atoms with E-state index in [1.807, 2.05) is 24.3 Å². The van der Waals surface area contributed by atoms with Crippen LogP contribution >= 0.6 is 11.6 Å². The Morgan fingerprint density at radius 1 is 0.966 bits per heavy atom. The van der Waals surface area contributed by atoms with E-state index in [4.69, 9.17) is 16.0 Å². The van der Waals surface area contributed by atoms with Crippen molar-refractivity contribution in [2.75, 3.05) is 0 Å². The average Bonchev–Trinajstić information content (AvgIpc) is 3.16. The van der Waals surface area contributed by atoms with Gasteiger partial charge in [0.2, 0.25) is 0 Å². The molecule has 2 aromatic carbocycles. The first-order valence-corrected chi connectivity index (χ1v) is 11.4.